The van der Waals surface area contributed by atoms with Crippen LogP contribution in [0.25, 0.3) is 0 Å². The summed E-state index contributed by atoms with van der Waals surface area (Å²) >= 11 is 5.96. The van der Waals surface area contributed by atoms with E-state index in [0.29, 0.717) is 5.82 Å². The maximum Gasteiger partial charge on any atom is 0.244 e. The normalized spacial score (nSPS) is 11.7. The standard InChI is InChI=1S/C12H17ClN4O2S/c1-9(2)17(6-4-5-14)20(18,19)10-7-11(13)12(15-3)16-8-10/h7-9H,4,6H2,1-3H3,(H,15,16). The summed E-state index contributed by atoms with van der Waals surface area (Å²) < 4.78 is 26.3. The molecule has 110 valence electrons. The lowest BCUT2D eigenvalue weighted by Gasteiger charge is -2.25. The van der Waals surface area contributed by atoms with Crippen LogP contribution in [-0.4, -0.2) is 37.3 Å². The third-order valence-corrected chi connectivity index (χ3v) is 5.01. The molecule has 1 N–H and O–H groups in total. The number of pyridine rings is 1. The average molecular weight is 317 g/mol. The third kappa shape index (κ3) is 3.60. The van der Waals surface area contributed by atoms with Gasteiger partial charge in [0.15, 0.2) is 0 Å². The molecule has 0 aliphatic heterocycles. The summed E-state index contributed by atoms with van der Waals surface area (Å²) in [5.74, 6) is 0.415. The minimum Gasteiger partial charge on any atom is -0.372 e. The molecule has 20 heavy (non-hydrogen) atoms. The number of nitrogens with zero attached hydrogens (tertiary/aromatic N) is 3. The smallest absolute Gasteiger partial charge is 0.244 e. The molecule has 0 bridgehead atoms. The van der Waals surface area contributed by atoms with Crippen molar-refractivity contribution in [1.82, 2.24) is 9.29 Å². The molecule has 0 aromatic carbocycles. The molecule has 1 aromatic heterocycles. The van der Waals surface area contributed by atoms with Gasteiger partial charge < -0.3 is 5.32 Å². The molecule has 0 atom stereocenters. The van der Waals surface area contributed by atoms with Crippen molar-refractivity contribution in [3.63, 3.8) is 0 Å². The van der Waals surface area contributed by atoms with Crippen LogP contribution in [-0.2, 0) is 10.0 Å². The molecule has 1 rings (SSSR count). The first kappa shape index (κ1) is 16.7. The summed E-state index contributed by atoms with van der Waals surface area (Å²) in [6.45, 7) is 3.65. The van der Waals surface area contributed by atoms with Gasteiger partial charge in [-0.1, -0.05) is 11.6 Å². The van der Waals surface area contributed by atoms with Crippen molar-refractivity contribution in [3.05, 3.63) is 17.3 Å². The Bertz CT molecular complexity index is 610. The summed E-state index contributed by atoms with van der Waals surface area (Å²) in [5.41, 5.74) is 0. The highest BCUT2D eigenvalue weighted by Crippen LogP contribution is 2.25. The van der Waals surface area contributed by atoms with Crippen molar-refractivity contribution < 1.29 is 8.42 Å². The van der Waals surface area contributed by atoms with Crippen LogP contribution in [0.1, 0.15) is 20.3 Å². The van der Waals surface area contributed by atoms with Crippen molar-refractivity contribution in [3.8, 4) is 6.07 Å². The Balaban J connectivity index is 3.20. The molecule has 0 radical (unpaired) electrons. The number of hydrogen-bond acceptors (Lipinski definition) is 5. The summed E-state index contributed by atoms with van der Waals surface area (Å²) in [4.78, 5) is 3.99. The number of aromatic nitrogens is 1. The van der Waals surface area contributed by atoms with Crippen LogP contribution in [0.4, 0.5) is 5.82 Å². The van der Waals surface area contributed by atoms with E-state index in [1.165, 1.54) is 16.6 Å². The van der Waals surface area contributed by atoms with E-state index in [2.05, 4.69) is 10.3 Å². The Kier molecular flexibility index (Phi) is 5.74. The zero-order valence-electron chi connectivity index (χ0n) is 11.6. The Morgan fingerprint density at radius 3 is 2.65 bits per heavy atom. The first-order valence-electron chi connectivity index (χ1n) is 6.06. The van der Waals surface area contributed by atoms with E-state index < -0.39 is 10.0 Å². The van der Waals surface area contributed by atoms with E-state index >= 15 is 0 Å². The number of sulfonamides is 1. The van der Waals surface area contributed by atoms with Gasteiger partial charge in [-0.3, -0.25) is 0 Å². The van der Waals surface area contributed by atoms with Gasteiger partial charge in [0.25, 0.3) is 0 Å². The molecule has 6 nitrogen and oxygen atoms in total. The van der Waals surface area contributed by atoms with Gasteiger partial charge in [-0.05, 0) is 19.9 Å². The second kappa shape index (κ2) is 6.88. The SMILES string of the molecule is CNc1ncc(S(=O)(=O)N(CCC#N)C(C)C)cc1Cl. The van der Waals surface area contributed by atoms with Crippen LogP contribution in [0.5, 0.6) is 0 Å². The molecule has 0 saturated heterocycles. The van der Waals surface area contributed by atoms with Crippen molar-refractivity contribution in [2.45, 2.75) is 31.2 Å². The summed E-state index contributed by atoms with van der Waals surface area (Å²) in [7, 11) is -2.06. The predicted octanol–water partition coefficient (Wildman–Crippen LogP) is 2.09. The van der Waals surface area contributed by atoms with Crippen molar-refractivity contribution >= 4 is 27.4 Å². The first-order chi connectivity index (χ1) is 9.34. The quantitative estimate of drug-likeness (QED) is 0.868. The Hall–Kier alpha value is -1.36. The second-order valence-electron chi connectivity index (χ2n) is 4.37. The van der Waals surface area contributed by atoms with Gasteiger partial charge in [-0.2, -0.15) is 9.57 Å². The third-order valence-electron chi connectivity index (χ3n) is 2.68. The summed E-state index contributed by atoms with van der Waals surface area (Å²) in [6.07, 6.45) is 1.39. The predicted molar refractivity (Wildman–Crippen MR) is 78.1 cm³/mol. The van der Waals surface area contributed by atoms with Gasteiger partial charge in [-0.15, -0.1) is 0 Å². The highest BCUT2D eigenvalue weighted by molar-refractivity contribution is 7.89. The highest BCUT2D eigenvalue weighted by Gasteiger charge is 2.27. The van der Waals surface area contributed by atoms with Crippen molar-refractivity contribution in [2.75, 3.05) is 18.9 Å². The number of nitrogens with one attached hydrogen (secondary N) is 1. The molecular formula is C12H17ClN4O2S. The van der Waals surface area contributed by atoms with Crippen LogP contribution in [0.3, 0.4) is 0 Å². The number of anilines is 1. The van der Waals surface area contributed by atoms with Crippen LogP contribution in [0.2, 0.25) is 5.02 Å². The van der Waals surface area contributed by atoms with Gasteiger partial charge in [-0.25, -0.2) is 13.4 Å². The Morgan fingerprint density at radius 2 is 2.20 bits per heavy atom. The van der Waals surface area contributed by atoms with E-state index in [0.717, 1.165) is 0 Å². The number of halogens is 1. The van der Waals surface area contributed by atoms with Crippen LogP contribution in [0.15, 0.2) is 17.2 Å². The zero-order valence-corrected chi connectivity index (χ0v) is 13.2. The number of hydrogen-bond donors (Lipinski definition) is 1. The molecule has 0 aliphatic carbocycles. The monoisotopic (exact) mass is 316 g/mol. The fraction of sp³-hybridized carbons (Fsp3) is 0.500. The van der Waals surface area contributed by atoms with Crippen LogP contribution >= 0.6 is 11.6 Å². The molecule has 0 fully saturated rings. The largest absolute Gasteiger partial charge is 0.372 e. The van der Waals surface area contributed by atoms with Gasteiger partial charge in [0.2, 0.25) is 10.0 Å². The van der Waals surface area contributed by atoms with E-state index in [-0.39, 0.29) is 28.9 Å². The number of rotatable bonds is 6. The fourth-order valence-electron chi connectivity index (χ4n) is 1.70. The van der Waals surface area contributed by atoms with Gasteiger partial charge >= 0.3 is 0 Å². The second-order valence-corrected chi connectivity index (χ2v) is 6.67. The van der Waals surface area contributed by atoms with Crippen molar-refractivity contribution in [2.24, 2.45) is 0 Å². The lowest BCUT2D eigenvalue weighted by Crippen LogP contribution is -2.37. The lowest BCUT2D eigenvalue weighted by atomic mass is 10.3. The zero-order chi connectivity index (χ0) is 15.3. The minimum absolute atomic E-state index is 0.0214. The van der Waals surface area contributed by atoms with Gasteiger partial charge in [0.05, 0.1) is 11.1 Å². The van der Waals surface area contributed by atoms with Crippen molar-refractivity contribution in [1.29, 1.82) is 5.26 Å². The molecule has 8 heteroatoms. The van der Waals surface area contributed by atoms with E-state index in [9.17, 15) is 8.42 Å². The molecule has 0 unspecified atom stereocenters. The van der Waals surface area contributed by atoms with E-state index in [1.54, 1.807) is 20.9 Å². The van der Waals surface area contributed by atoms with Crippen LogP contribution < -0.4 is 5.32 Å². The Labute approximate surface area is 124 Å². The molecule has 0 amide bonds. The van der Waals surface area contributed by atoms with Crippen LogP contribution in [0, 0.1) is 11.3 Å². The molecule has 1 heterocycles. The highest BCUT2D eigenvalue weighted by atomic mass is 35.5. The summed E-state index contributed by atoms with van der Waals surface area (Å²) in [6, 6.07) is 3.05. The maximum atomic E-state index is 12.5. The Morgan fingerprint density at radius 1 is 1.55 bits per heavy atom. The topological polar surface area (TPSA) is 86.1 Å². The van der Waals surface area contributed by atoms with Gasteiger partial charge in [0.1, 0.15) is 10.7 Å². The lowest BCUT2D eigenvalue weighted by molar-refractivity contribution is 0.360. The first-order valence-corrected chi connectivity index (χ1v) is 7.88. The average Bonchev–Trinajstić information content (AvgIpc) is 2.38. The summed E-state index contributed by atoms with van der Waals surface area (Å²) in [5, 5.41) is 11.6. The van der Waals surface area contributed by atoms with Gasteiger partial charge in [0, 0.05) is 32.3 Å². The fourth-order valence-corrected chi connectivity index (χ4v) is 3.63. The molecular weight excluding hydrogens is 300 g/mol. The van der Waals surface area contributed by atoms with E-state index in [4.69, 9.17) is 16.9 Å². The molecule has 0 saturated carbocycles. The number of nitriles is 1. The van der Waals surface area contributed by atoms with E-state index in [1.807, 2.05) is 6.07 Å². The molecule has 0 aliphatic rings. The minimum atomic E-state index is -3.71. The molecule has 0 spiro atoms. The maximum absolute atomic E-state index is 12.5. The molecule has 1 aromatic rings.